The van der Waals surface area contributed by atoms with Crippen LogP contribution in [0.2, 0.25) is 0 Å². The molecule has 2 aromatic rings. The van der Waals surface area contributed by atoms with Crippen molar-refractivity contribution in [2.45, 2.75) is 31.1 Å². The number of hydrogen-bond acceptors (Lipinski definition) is 5. The number of ether oxygens (including phenoxy) is 1. The molecule has 9 heteroatoms. The van der Waals surface area contributed by atoms with Gasteiger partial charge in [0.25, 0.3) is 5.91 Å². The molecule has 0 fully saturated rings. The van der Waals surface area contributed by atoms with Crippen LogP contribution in [0.3, 0.4) is 0 Å². The Morgan fingerprint density at radius 1 is 1.19 bits per heavy atom. The Balaban J connectivity index is 2.06. The van der Waals surface area contributed by atoms with Crippen molar-refractivity contribution >= 4 is 29.0 Å². The monoisotopic (exact) mass is 456 g/mol. The van der Waals surface area contributed by atoms with E-state index in [0.29, 0.717) is 48.3 Å². The minimum absolute atomic E-state index is 0.123. The van der Waals surface area contributed by atoms with Crippen molar-refractivity contribution in [1.82, 2.24) is 0 Å². The van der Waals surface area contributed by atoms with Gasteiger partial charge in [-0.3, -0.25) is 4.79 Å². The van der Waals surface area contributed by atoms with Gasteiger partial charge in [0.05, 0.1) is 0 Å². The van der Waals surface area contributed by atoms with Crippen molar-refractivity contribution in [1.29, 1.82) is 0 Å². The van der Waals surface area contributed by atoms with Crippen LogP contribution in [0.25, 0.3) is 0 Å². The molecule has 0 saturated carbocycles. The first-order chi connectivity index (χ1) is 14.8. The molecule has 31 heavy (non-hydrogen) atoms. The highest BCUT2D eigenvalue weighted by Gasteiger charge is 2.15. The minimum Gasteiger partial charge on any atom is -0.398 e. The average Bonchev–Trinajstić information content (AvgIpc) is 2.74. The predicted molar refractivity (Wildman–Crippen MR) is 117 cm³/mol. The van der Waals surface area contributed by atoms with Crippen LogP contribution < -0.4 is 11.1 Å². The van der Waals surface area contributed by atoms with Crippen LogP contribution in [0.4, 0.5) is 24.5 Å². The molecule has 170 valence electrons. The summed E-state index contributed by atoms with van der Waals surface area (Å²) in [6, 6.07) is 6.13. The summed E-state index contributed by atoms with van der Waals surface area (Å²) >= 11 is 1.50. The van der Waals surface area contributed by atoms with E-state index in [4.69, 9.17) is 15.6 Å². The van der Waals surface area contributed by atoms with E-state index in [1.54, 1.807) is 12.1 Å². The lowest BCUT2D eigenvalue weighted by atomic mass is 10.0. The van der Waals surface area contributed by atoms with Crippen LogP contribution in [0.1, 0.15) is 36.5 Å². The molecule has 1 unspecified atom stereocenters. The summed E-state index contributed by atoms with van der Waals surface area (Å²) in [7, 11) is 0. The highest BCUT2D eigenvalue weighted by Crippen LogP contribution is 2.30. The molecule has 1 atom stereocenters. The van der Waals surface area contributed by atoms with E-state index in [-0.39, 0.29) is 17.9 Å². The fraction of sp³-hybridized carbons (Fsp3) is 0.409. The standard InChI is InChI=1S/C22H27F3N2O3S/c1-2-30-9-7-14(4-3-8-28)13-31-20-10-15(5-6-19(20)26)22(29)27-16-11-17(23)21(25)18(24)12-16/h5-6,10-12,14,28H,2-4,7-9,13,26H2,1H3,(H,27,29). The number of nitrogens with two attached hydrogens (primary N) is 1. The number of benzene rings is 2. The third kappa shape index (κ3) is 7.75. The highest BCUT2D eigenvalue weighted by atomic mass is 32.2. The Morgan fingerprint density at radius 3 is 2.55 bits per heavy atom. The number of aliphatic hydroxyl groups excluding tert-OH is 1. The summed E-state index contributed by atoms with van der Waals surface area (Å²) in [5.41, 5.74) is 6.62. The van der Waals surface area contributed by atoms with Gasteiger partial charge in [-0.2, -0.15) is 0 Å². The number of carbonyl (C=O) groups excluding carboxylic acids is 1. The zero-order chi connectivity index (χ0) is 22.8. The third-order valence-electron chi connectivity index (χ3n) is 4.64. The topological polar surface area (TPSA) is 84.6 Å². The number of rotatable bonds is 12. The molecule has 0 saturated heterocycles. The second-order valence-corrected chi connectivity index (χ2v) is 8.05. The van der Waals surface area contributed by atoms with Crippen molar-refractivity contribution in [3.63, 3.8) is 0 Å². The van der Waals surface area contributed by atoms with Gasteiger partial charge in [-0.25, -0.2) is 13.2 Å². The summed E-state index contributed by atoms with van der Waals surface area (Å²) in [6.07, 6.45) is 2.39. The van der Waals surface area contributed by atoms with Crippen LogP contribution in [-0.4, -0.2) is 36.6 Å². The van der Waals surface area contributed by atoms with E-state index in [0.717, 1.165) is 18.6 Å². The van der Waals surface area contributed by atoms with Crippen molar-refractivity contribution in [3.8, 4) is 0 Å². The number of halogens is 3. The van der Waals surface area contributed by atoms with Gasteiger partial charge < -0.3 is 20.9 Å². The lowest BCUT2D eigenvalue weighted by Gasteiger charge is -2.17. The Hall–Kier alpha value is -2.23. The SMILES string of the molecule is CCOCCC(CCCO)CSc1cc(C(=O)Nc2cc(F)c(F)c(F)c2)ccc1N. The van der Waals surface area contributed by atoms with Gasteiger partial charge in [0, 0.05) is 59.5 Å². The Morgan fingerprint density at radius 2 is 1.90 bits per heavy atom. The molecule has 0 radical (unpaired) electrons. The molecule has 0 aliphatic heterocycles. The fourth-order valence-corrected chi connectivity index (χ4v) is 4.12. The Bertz CT molecular complexity index is 860. The summed E-state index contributed by atoms with van der Waals surface area (Å²) in [5.74, 6) is -3.92. The second kappa shape index (κ2) is 12.6. The minimum atomic E-state index is -1.59. The number of amides is 1. The molecule has 0 aromatic heterocycles. The van der Waals surface area contributed by atoms with Crippen molar-refractivity contribution in [3.05, 3.63) is 53.3 Å². The first-order valence-corrected chi connectivity index (χ1v) is 11.0. The van der Waals surface area contributed by atoms with E-state index < -0.39 is 23.4 Å². The summed E-state index contributed by atoms with van der Waals surface area (Å²) in [4.78, 5) is 13.2. The molecule has 1 amide bonds. The van der Waals surface area contributed by atoms with Crippen LogP contribution in [0.15, 0.2) is 35.2 Å². The maximum absolute atomic E-state index is 13.4. The lowest BCUT2D eigenvalue weighted by molar-refractivity contribution is 0.102. The molecule has 2 aromatic carbocycles. The molecule has 0 bridgehead atoms. The number of carbonyl (C=O) groups is 1. The molecule has 0 spiro atoms. The summed E-state index contributed by atoms with van der Waals surface area (Å²) in [6.45, 7) is 3.34. The van der Waals surface area contributed by atoms with E-state index >= 15 is 0 Å². The summed E-state index contributed by atoms with van der Waals surface area (Å²) in [5, 5.41) is 11.5. The third-order valence-corrected chi connectivity index (χ3v) is 5.94. The van der Waals surface area contributed by atoms with Gasteiger partial charge in [0.2, 0.25) is 0 Å². The highest BCUT2D eigenvalue weighted by molar-refractivity contribution is 7.99. The van der Waals surface area contributed by atoms with E-state index in [1.807, 2.05) is 6.92 Å². The van der Waals surface area contributed by atoms with E-state index in [2.05, 4.69) is 5.32 Å². The Labute approximate surface area is 184 Å². The van der Waals surface area contributed by atoms with Crippen LogP contribution >= 0.6 is 11.8 Å². The van der Waals surface area contributed by atoms with Crippen LogP contribution in [0, 0.1) is 23.4 Å². The van der Waals surface area contributed by atoms with Crippen molar-refractivity contribution in [2.24, 2.45) is 5.92 Å². The van der Waals surface area contributed by atoms with E-state index in [1.165, 1.54) is 17.8 Å². The van der Waals surface area contributed by atoms with Crippen LogP contribution in [0.5, 0.6) is 0 Å². The summed E-state index contributed by atoms with van der Waals surface area (Å²) < 4.78 is 45.3. The van der Waals surface area contributed by atoms with Gasteiger partial charge in [-0.1, -0.05) is 0 Å². The predicted octanol–water partition coefficient (Wildman–Crippen LogP) is 4.85. The second-order valence-electron chi connectivity index (χ2n) is 6.99. The normalized spacial score (nSPS) is 12.0. The number of anilines is 2. The number of aliphatic hydroxyl groups is 1. The number of nitrogen functional groups attached to an aromatic ring is 1. The molecular weight excluding hydrogens is 429 g/mol. The van der Waals surface area contributed by atoms with Gasteiger partial charge in [0.15, 0.2) is 17.5 Å². The maximum Gasteiger partial charge on any atom is 0.255 e. The molecule has 0 aliphatic rings. The average molecular weight is 457 g/mol. The first kappa shape index (κ1) is 25.0. The van der Waals surface area contributed by atoms with E-state index in [9.17, 15) is 18.0 Å². The molecule has 4 N–H and O–H groups in total. The number of hydrogen-bond donors (Lipinski definition) is 3. The zero-order valence-electron chi connectivity index (χ0n) is 17.3. The molecule has 0 heterocycles. The fourth-order valence-electron chi connectivity index (χ4n) is 2.92. The smallest absolute Gasteiger partial charge is 0.255 e. The zero-order valence-corrected chi connectivity index (χ0v) is 18.1. The maximum atomic E-state index is 13.4. The van der Waals surface area contributed by atoms with Gasteiger partial charge in [-0.15, -0.1) is 11.8 Å². The molecular formula is C22H27F3N2O3S. The van der Waals surface area contributed by atoms with Gasteiger partial charge >= 0.3 is 0 Å². The number of thioether (sulfide) groups is 1. The van der Waals surface area contributed by atoms with Gasteiger partial charge in [-0.05, 0) is 50.3 Å². The quantitative estimate of drug-likeness (QED) is 0.184. The largest absolute Gasteiger partial charge is 0.398 e. The van der Waals surface area contributed by atoms with Gasteiger partial charge in [0.1, 0.15) is 0 Å². The Kier molecular flexibility index (Phi) is 10.2. The lowest BCUT2D eigenvalue weighted by Crippen LogP contribution is -2.13. The molecule has 2 rings (SSSR count). The first-order valence-electron chi connectivity index (χ1n) is 10.0. The molecule has 0 aliphatic carbocycles. The molecule has 5 nitrogen and oxygen atoms in total. The number of nitrogens with one attached hydrogen (secondary N) is 1. The van der Waals surface area contributed by atoms with Crippen molar-refractivity contribution < 1.29 is 27.8 Å². The van der Waals surface area contributed by atoms with Crippen LogP contribution in [-0.2, 0) is 4.74 Å². The van der Waals surface area contributed by atoms with Crippen molar-refractivity contribution in [2.75, 3.05) is 36.6 Å².